The van der Waals surface area contributed by atoms with E-state index in [4.69, 9.17) is 21.1 Å². The summed E-state index contributed by atoms with van der Waals surface area (Å²) in [4.78, 5) is 16.9. The molecule has 1 aliphatic rings. The van der Waals surface area contributed by atoms with Gasteiger partial charge in [0.2, 0.25) is 0 Å². The molecule has 0 atom stereocenters. The number of nitrogens with one attached hydrogen (secondary N) is 3. The lowest BCUT2D eigenvalue weighted by molar-refractivity contribution is 0.0950. The second-order valence-corrected chi connectivity index (χ2v) is 6.63. The zero-order chi connectivity index (χ0) is 19.9. The van der Waals surface area contributed by atoms with Crippen molar-refractivity contribution in [3.8, 4) is 11.5 Å². The Bertz CT molecular complexity index is 863. The maximum atomic E-state index is 12.6. The number of hydrogen-bond donors (Lipinski definition) is 3. The second kappa shape index (κ2) is 9.32. The van der Waals surface area contributed by atoms with Crippen LogP contribution in [0.25, 0.3) is 0 Å². The first-order valence-corrected chi connectivity index (χ1v) is 9.27. The molecule has 1 amide bonds. The van der Waals surface area contributed by atoms with Crippen LogP contribution in [0.4, 0.5) is 0 Å². The van der Waals surface area contributed by atoms with E-state index in [0.717, 1.165) is 30.2 Å². The van der Waals surface area contributed by atoms with Crippen molar-refractivity contribution in [2.45, 2.75) is 13.1 Å². The fraction of sp³-hybridized carbons (Fsp3) is 0.300. The Labute approximate surface area is 169 Å². The minimum atomic E-state index is -0.184. The first-order chi connectivity index (χ1) is 13.6. The molecule has 0 fully saturated rings. The molecule has 0 spiro atoms. The Hall–Kier alpha value is -2.93. The summed E-state index contributed by atoms with van der Waals surface area (Å²) < 4.78 is 10.5. The van der Waals surface area contributed by atoms with Gasteiger partial charge < -0.3 is 25.4 Å². The van der Waals surface area contributed by atoms with Crippen LogP contribution < -0.4 is 25.4 Å². The van der Waals surface area contributed by atoms with Crippen LogP contribution in [0.5, 0.6) is 11.5 Å². The summed E-state index contributed by atoms with van der Waals surface area (Å²) in [5.74, 6) is 1.91. The summed E-state index contributed by atoms with van der Waals surface area (Å²) in [7, 11) is 3.18. The molecule has 28 heavy (non-hydrogen) atoms. The number of ether oxygens (including phenoxy) is 2. The van der Waals surface area contributed by atoms with E-state index < -0.39 is 0 Å². The molecule has 2 aromatic carbocycles. The van der Waals surface area contributed by atoms with Gasteiger partial charge in [-0.1, -0.05) is 11.6 Å². The van der Waals surface area contributed by atoms with Gasteiger partial charge in [-0.25, -0.2) is 0 Å². The summed E-state index contributed by atoms with van der Waals surface area (Å²) in [5.41, 5.74) is 2.25. The van der Waals surface area contributed by atoms with Gasteiger partial charge in [0, 0.05) is 36.3 Å². The lowest BCUT2D eigenvalue weighted by Crippen LogP contribution is -2.33. The molecule has 0 unspecified atom stereocenters. The quantitative estimate of drug-likeness (QED) is 0.662. The summed E-state index contributed by atoms with van der Waals surface area (Å²) in [6.07, 6.45) is 0. The fourth-order valence-electron chi connectivity index (χ4n) is 2.80. The molecule has 0 saturated carbocycles. The Morgan fingerprint density at radius 1 is 1.14 bits per heavy atom. The summed E-state index contributed by atoms with van der Waals surface area (Å²) >= 11 is 6.27. The van der Waals surface area contributed by atoms with Crippen molar-refractivity contribution >= 4 is 23.5 Å². The van der Waals surface area contributed by atoms with Crippen LogP contribution in [0.1, 0.15) is 21.5 Å². The zero-order valence-electron chi connectivity index (χ0n) is 15.8. The molecule has 0 saturated heterocycles. The van der Waals surface area contributed by atoms with Crippen LogP contribution in [0.15, 0.2) is 41.4 Å². The lowest BCUT2D eigenvalue weighted by Gasteiger charge is -2.12. The number of amides is 1. The topological polar surface area (TPSA) is 84.0 Å². The first kappa shape index (κ1) is 19.8. The molecule has 3 N–H and O–H groups in total. The number of hydrogen-bond acceptors (Lipinski definition) is 6. The number of aliphatic imine (C=N–C) groups is 1. The van der Waals surface area contributed by atoms with Crippen LogP contribution in [-0.4, -0.2) is 39.2 Å². The van der Waals surface area contributed by atoms with E-state index in [9.17, 15) is 4.79 Å². The van der Waals surface area contributed by atoms with Gasteiger partial charge in [-0.15, -0.1) is 0 Å². The first-order valence-electron chi connectivity index (χ1n) is 8.90. The van der Waals surface area contributed by atoms with E-state index in [0.29, 0.717) is 35.2 Å². The molecule has 1 aliphatic heterocycles. The largest absolute Gasteiger partial charge is 0.497 e. The Morgan fingerprint density at radius 2 is 1.89 bits per heavy atom. The Morgan fingerprint density at radius 3 is 2.54 bits per heavy atom. The minimum absolute atomic E-state index is 0.184. The summed E-state index contributed by atoms with van der Waals surface area (Å²) in [6.45, 7) is 2.42. The molecule has 0 bridgehead atoms. The van der Waals surface area contributed by atoms with Gasteiger partial charge in [0.15, 0.2) is 5.96 Å². The zero-order valence-corrected chi connectivity index (χ0v) is 16.6. The third-order valence-electron chi connectivity index (χ3n) is 4.29. The van der Waals surface area contributed by atoms with Gasteiger partial charge in [-0.2, -0.15) is 0 Å². The van der Waals surface area contributed by atoms with Gasteiger partial charge >= 0.3 is 0 Å². The predicted molar refractivity (Wildman–Crippen MR) is 109 cm³/mol. The third-order valence-corrected chi connectivity index (χ3v) is 4.66. The van der Waals surface area contributed by atoms with Crippen LogP contribution in [0, 0.1) is 0 Å². The van der Waals surface area contributed by atoms with Crippen LogP contribution >= 0.6 is 11.6 Å². The highest BCUT2D eigenvalue weighted by atomic mass is 35.5. The van der Waals surface area contributed by atoms with E-state index in [1.54, 1.807) is 38.5 Å². The van der Waals surface area contributed by atoms with Gasteiger partial charge in [0.05, 0.1) is 20.8 Å². The highest BCUT2D eigenvalue weighted by molar-refractivity contribution is 6.31. The van der Waals surface area contributed by atoms with Crippen LogP contribution in [-0.2, 0) is 13.1 Å². The highest BCUT2D eigenvalue weighted by Crippen LogP contribution is 2.22. The van der Waals surface area contributed by atoms with E-state index >= 15 is 0 Å². The number of carbonyl (C=O) groups is 1. The lowest BCUT2D eigenvalue weighted by atomic mass is 10.1. The molecule has 0 aromatic heterocycles. The SMILES string of the molecule is COc1cc(CNC(=O)c2ccc(Cl)c(CNC3=NCCN3)c2)cc(OC)c1. The number of methoxy groups -OCH3 is 2. The molecule has 0 radical (unpaired) electrons. The van der Waals surface area contributed by atoms with Crippen molar-refractivity contribution in [3.63, 3.8) is 0 Å². The van der Waals surface area contributed by atoms with Gasteiger partial charge in [0.1, 0.15) is 11.5 Å². The molecular formula is C20H23ClN4O3. The number of halogens is 1. The molecule has 7 nitrogen and oxygen atoms in total. The molecular weight excluding hydrogens is 380 g/mol. The number of carbonyl (C=O) groups excluding carboxylic acids is 1. The van der Waals surface area contributed by atoms with Gasteiger partial charge in [-0.05, 0) is 41.5 Å². The van der Waals surface area contributed by atoms with E-state index in [1.165, 1.54) is 0 Å². The average Bonchev–Trinajstić information content (AvgIpc) is 3.24. The Balaban J connectivity index is 1.64. The summed E-state index contributed by atoms with van der Waals surface area (Å²) in [6, 6.07) is 10.7. The van der Waals surface area contributed by atoms with Crippen molar-refractivity contribution in [2.24, 2.45) is 4.99 Å². The van der Waals surface area contributed by atoms with E-state index in [-0.39, 0.29) is 5.91 Å². The number of benzene rings is 2. The maximum absolute atomic E-state index is 12.6. The van der Waals surface area contributed by atoms with Crippen molar-refractivity contribution < 1.29 is 14.3 Å². The monoisotopic (exact) mass is 402 g/mol. The number of rotatable bonds is 7. The second-order valence-electron chi connectivity index (χ2n) is 6.22. The van der Waals surface area contributed by atoms with Crippen LogP contribution in [0.3, 0.4) is 0 Å². The predicted octanol–water partition coefficient (Wildman–Crippen LogP) is 2.34. The molecule has 1 heterocycles. The standard InChI is InChI=1S/C20H23ClN4O3/c1-27-16-7-13(8-17(10-16)28-2)11-24-19(26)14-3-4-18(21)15(9-14)12-25-20-22-5-6-23-20/h3-4,7-10H,5-6,11-12H2,1-2H3,(H,24,26)(H2,22,23,25). The normalized spacial score (nSPS) is 12.8. The van der Waals surface area contributed by atoms with E-state index in [2.05, 4.69) is 20.9 Å². The van der Waals surface area contributed by atoms with Gasteiger partial charge in [0.25, 0.3) is 5.91 Å². The van der Waals surface area contributed by atoms with Crippen molar-refractivity contribution in [2.75, 3.05) is 27.3 Å². The third kappa shape index (κ3) is 5.07. The minimum Gasteiger partial charge on any atom is -0.497 e. The number of nitrogens with zero attached hydrogens (tertiary/aromatic N) is 1. The smallest absolute Gasteiger partial charge is 0.251 e. The number of guanidine groups is 1. The molecule has 2 aromatic rings. The molecule has 148 valence electrons. The van der Waals surface area contributed by atoms with Gasteiger partial charge in [-0.3, -0.25) is 9.79 Å². The van der Waals surface area contributed by atoms with Crippen molar-refractivity contribution in [3.05, 3.63) is 58.1 Å². The van der Waals surface area contributed by atoms with Crippen molar-refractivity contribution in [1.82, 2.24) is 16.0 Å². The van der Waals surface area contributed by atoms with E-state index in [1.807, 2.05) is 12.1 Å². The summed E-state index contributed by atoms with van der Waals surface area (Å²) in [5, 5.41) is 9.83. The molecule has 3 rings (SSSR count). The van der Waals surface area contributed by atoms with Crippen molar-refractivity contribution in [1.29, 1.82) is 0 Å². The fourth-order valence-corrected chi connectivity index (χ4v) is 2.98. The maximum Gasteiger partial charge on any atom is 0.251 e. The highest BCUT2D eigenvalue weighted by Gasteiger charge is 2.11. The van der Waals surface area contributed by atoms with Crippen LogP contribution in [0.2, 0.25) is 5.02 Å². The average molecular weight is 403 g/mol. The Kier molecular flexibility index (Phi) is 6.60. The molecule has 0 aliphatic carbocycles. The molecule has 8 heteroatoms.